The molecule has 0 aliphatic carbocycles. The summed E-state index contributed by atoms with van der Waals surface area (Å²) in [5, 5.41) is 9.61. The van der Waals surface area contributed by atoms with E-state index >= 15 is 0 Å². The van der Waals surface area contributed by atoms with Crippen LogP contribution in [0.15, 0.2) is 48.5 Å². The lowest BCUT2D eigenvalue weighted by Crippen LogP contribution is -2.45. The third kappa shape index (κ3) is 3.57. The highest BCUT2D eigenvalue weighted by molar-refractivity contribution is 5.86. The van der Waals surface area contributed by atoms with Crippen LogP contribution in [0, 0.1) is 0 Å². The number of nitrogens with zero attached hydrogens (tertiary/aromatic N) is 1. The molecule has 2 aromatic carbocycles. The van der Waals surface area contributed by atoms with Gasteiger partial charge in [0.2, 0.25) is 0 Å². The fourth-order valence-electron chi connectivity index (χ4n) is 3.02. The number of carboxylic acid groups (broad SMARTS) is 1. The molecule has 0 fully saturated rings. The van der Waals surface area contributed by atoms with E-state index in [0.717, 1.165) is 5.56 Å². The predicted octanol–water partition coefficient (Wildman–Crippen LogP) is 2.28. The molecule has 0 saturated heterocycles. The minimum Gasteiger partial charge on any atom is -0.497 e. The summed E-state index contributed by atoms with van der Waals surface area (Å²) in [6, 6.07) is 13.3. The molecule has 1 atom stereocenters. The SMILES string of the molecule is COc1cccc(OCC(=O)N2CCc3ccccc3C2C(=O)O)c1. The van der Waals surface area contributed by atoms with E-state index in [4.69, 9.17) is 9.47 Å². The van der Waals surface area contributed by atoms with Gasteiger partial charge in [0.25, 0.3) is 5.91 Å². The second-order valence-corrected chi connectivity index (χ2v) is 5.74. The predicted molar refractivity (Wildman–Crippen MR) is 90.7 cm³/mol. The lowest BCUT2D eigenvalue weighted by molar-refractivity contribution is -0.152. The number of fused-ring (bicyclic) bond motifs is 1. The summed E-state index contributed by atoms with van der Waals surface area (Å²) in [5.74, 6) is -0.274. The first-order chi connectivity index (χ1) is 12.1. The molecule has 1 aliphatic heterocycles. The average Bonchev–Trinajstić information content (AvgIpc) is 2.65. The Balaban J connectivity index is 1.74. The number of rotatable bonds is 5. The molecule has 1 amide bonds. The van der Waals surface area contributed by atoms with Crippen molar-refractivity contribution in [2.24, 2.45) is 0 Å². The minimum atomic E-state index is -1.04. The Bertz CT molecular complexity index is 789. The van der Waals surface area contributed by atoms with Crippen LogP contribution in [0.5, 0.6) is 11.5 Å². The molecule has 0 radical (unpaired) electrons. The van der Waals surface area contributed by atoms with Crippen LogP contribution < -0.4 is 9.47 Å². The van der Waals surface area contributed by atoms with Crippen molar-refractivity contribution in [2.75, 3.05) is 20.3 Å². The van der Waals surface area contributed by atoms with Gasteiger partial charge in [-0.05, 0) is 29.7 Å². The fraction of sp³-hybridized carbons (Fsp3) is 0.263. The number of ether oxygens (including phenoxy) is 2. The molecule has 1 unspecified atom stereocenters. The summed E-state index contributed by atoms with van der Waals surface area (Å²) in [5.41, 5.74) is 1.63. The van der Waals surface area contributed by atoms with Crippen LogP contribution in [0.25, 0.3) is 0 Å². The van der Waals surface area contributed by atoms with E-state index in [0.29, 0.717) is 30.0 Å². The van der Waals surface area contributed by atoms with Crippen molar-refractivity contribution >= 4 is 11.9 Å². The number of carboxylic acids is 1. The van der Waals surface area contributed by atoms with Crippen LogP contribution in [0.4, 0.5) is 0 Å². The van der Waals surface area contributed by atoms with Gasteiger partial charge in [-0.15, -0.1) is 0 Å². The fourth-order valence-corrected chi connectivity index (χ4v) is 3.02. The van der Waals surface area contributed by atoms with Gasteiger partial charge in [0.05, 0.1) is 7.11 Å². The van der Waals surface area contributed by atoms with Gasteiger partial charge in [0.1, 0.15) is 11.5 Å². The third-order valence-electron chi connectivity index (χ3n) is 4.24. The normalized spacial score (nSPS) is 16.0. The highest BCUT2D eigenvalue weighted by Crippen LogP contribution is 2.30. The summed E-state index contributed by atoms with van der Waals surface area (Å²) in [7, 11) is 1.55. The van der Waals surface area contributed by atoms with E-state index in [2.05, 4.69) is 0 Å². The average molecular weight is 341 g/mol. The minimum absolute atomic E-state index is 0.223. The lowest BCUT2D eigenvalue weighted by atomic mass is 9.92. The Kier molecular flexibility index (Phi) is 4.88. The van der Waals surface area contributed by atoms with Gasteiger partial charge < -0.3 is 19.5 Å². The highest BCUT2D eigenvalue weighted by Gasteiger charge is 2.35. The maximum absolute atomic E-state index is 12.6. The molecule has 6 heteroatoms. The van der Waals surface area contributed by atoms with E-state index in [1.165, 1.54) is 4.90 Å². The van der Waals surface area contributed by atoms with Gasteiger partial charge in [-0.1, -0.05) is 30.3 Å². The van der Waals surface area contributed by atoms with E-state index in [-0.39, 0.29) is 12.5 Å². The molecular formula is C19H19NO5. The van der Waals surface area contributed by atoms with Gasteiger partial charge in [0.15, 0.2) is 12.6 Å². The van der Waals surface area contributed by atoms with Crippen molar-refractivity contribution in [3.05, 3.63) is 59.7 Å². The van der Waals surface area contributed by atoms with Gasteiger partial charge in [-0.3, -0.25) is 4.79 Å². The third-order valence-corrected chi connectivity index (χ3v) is 4.24. The Morgan fingerprint density at radius 3 is 2.68 bits per heavy atom. The molecule has 0 bridgehead atoms. The first-order valence-corrected chi connectivity index (χ1v) is 7.97. The Hall–Kier alpha value is -3.02. The van der Waals surface area contributed by atoms with Gasteiger partial charge in [-0.25, -0.2) is 4.79 Å². The molecule has 3 rings (SSSR count). The molecule has 130 valence electrons. The van der Waals surface area contributed by atoms with Gasteiger partial charge in [-0.2, -0.15) is 0 Å². The van der Waals surface area contributed by atoms with E-state index in [1.807, 2.05) is 12.1 Å². The summed E-state index contributed by atoms with van der Waals surface area (Å²) in [6.07, 6.45) is 0.630. The number of hydrogen-bond acceptors (Lipinski definition) is 4. The molecule has 25 heavy (non-hydrogen) atoms. The number of carbonyl (C=O) groups excluding carboxylic acids is 1. The van der Waals surface area contributed by atoms with Crippen molar-refractivity contribution in [3.63, 3.8) is 0 Å². The number of benzene rings is 2. The number of carbonyl (C=O) groups is 2. The maximum Gasteiger partial charge on any atom is 0.331 e. The van der Waals surface area contributed by atoms with Crippen LogP contribution in [0.1, 0.15) is 17.2 Å². The first-order valence-electron chi connectivity index (χ1n) is 7.97. The molecule has 2 aromatic rings. The second-order valence-electron chi connectivity index (χ2n) is 5.74. The van der Waals surface area contributed by atoms with Crippen LogP contribution in [-0.4, -0.2) is 42.1 Å². The van der Waals surface area contributed by atoms with E-state index in [9.17, 15) is 14.7 Å². The zero-order chi connectivity index (χ0) is 17.8. The number of amides is 1. The van der Waals surface area contributed by atoms with Crippen molar-refractivity contribution in [2.45, 2.75) is 12.5 Å². The zero-order valence-electron chi connectivity index (χ0n) is 13.8. The molecule has 0 saturated carbocycles. The van der Waals surface area contributed by atoms with Crippen LogP contribution >= 0.6 is 0 Å². The molecular weight excluding hydrogens is 322 g/mol. The van der Waals surface area contributed by atoms with Crippen molar-refractivity contribution in [3.8, 4) is 11.5 Å². The van der Waals surface area contributed by atoms with Crippen molar-refractivity contribution in [1.29, 1.82) is 0 Å². The van der Waals surface area contributed by atoms with Gasteiger partial charge >= 0.3 is 5.97 Å². The molecule has 1 heterocycles. The molecule has 0 aromatic heterocycles. The number of methoxy groups -OCH3 is 1. The quantitative estimate of drug-likeness (QED) is 0.903. The van der Waals surface area contributed by atoms with Crippen molar-refractivity contribution in [1.82, 2.24) is 4.90 Å². The molecule has 6 nitrogen and oxygen atoms in total. The zero-order valence-corrected chi connectivity index (χ0v) is 13.8. The summed E-state index contributed by atoms with van der Waals surface area (Å²) >= 11 is 0. The first kappa shape index (κ1) is 16.8. The van der Waals surface area contributed by atoms with Crippen LogP contribution in [0.3, 0.4) is 0 Å². The van der Waals surface area contributed by atoms with Crippen molar-refractivity contribution < 1.29 is 24.2 Å². The maximum atomic E-state index is 12.6. The summed E-state index contributed by atoms with van der Waals surface area (Å²) < 4.78 is 10.6. The van der Waals surface area contributed by atoms with E-state index in [1.54, 1.807) is 43.5 Å². The van der Waals surface area contributed by atoms with Crippen LogP contribution in [0.2, 0.25) is 0 Å². The largest absolute Gasteiger partial charge is 0.497 e. The van der Waals surface area contributed by atoms with E-state index < -0.39 is 12.0 Å². The summed E-state index contributed by atoms with van der Waals surface area (Å²) in [6.45, 7) is 0.132. The topological polar surface area (TPSA) is 76.1 Å². The Morgan fingerprint density at radius 1 is 1.16 bits per heavy atom. The Labute approximate surface area is 145 Å². The lowest BCUT2D eigenvalue weighted by Gasteiger charge is -2.34. The standard InChI is InChI=1S/C19H19NO5/c1-24-14-6-4-7-15(11-14)25-12-17(21)20-10-9-13-5-2-3-8-16(13)18(20)19(22)23/h2-8,11,18H,9-10,12H2,1H3,(H,22,23). The number of aliphatic carboxylic acids is 1. The molecule has 1 aliphatic rings. The Morgan fingerprint density at radius 2 is 1.92 bits per heavy atom. The van der Waals surface area contributed by atoms with Crippen LogP contribution in [-0.2, 0) is 16.0 Å². The second kappa shape index (κ2) is 7.25. The smallest absolute Gasteiger partial charge is 0.331 e. The monoisotopic (exact) mass is 341 g/mol. The summed E-state index contributed by atoms with van der Waals surface area (Å²) in [4.78, 5) is 25.7. The highest BCUT2D eigenvalue weighted by atomic mass is 16.5. The molecule has 1 N–H and O–H groups in total. The number of hydrogen-bond donors (Lipinski definition) is 1. The van der Waals surface area contributed by atoms with Gasteiger partial charge in [0, 0.05) is 12.6 Å². The molecule has 0 spiro atoms.